The second-order valence-corrected chi connectivity index (χ2v) is 5.97. The topological polar surface area (TPSA) is 51.9 Å². The Bertz CT molecular complexity index is 874. The van der Waals surface area contributed by atoms with Gasteiger partial charge in [-0.2, -0.15) is 0 Å². The minimum Gasteiger partial charge on any atom is -0.496 e. The number of fused-ring (bicyclic) bond motifs is 1. The van der Waals surface area contributed by atoms with Gasteiger partial charge in [-0.25, -0.2) is 9.97 Å². The van der Waals surface area contributed by atoms with E-state index in [-0.39, 0.29) is 0 Å². The molecule has 4 rings (SSSR count). The molecule has 0 radical (unpaired) electrons. The summed E-state index contributed by atoms with van der Waals surface area (Å²) in [4.78, 5) is 11.3. The molecule has 3 aromatic rings. The van der Waals surface area contributed by atoms with E-state index in [0.717, 1.165) is 41.6 Å². The van der Waals surface area contributed by atoms with Crippen molar-refractivity contribution in [3.8, 4) is 17.0 Å². The summed E-state index contributed by atoms with van der Waals surface area (Å²) in [6, 6.07) is 5.56. The van der Waals surface area contributed by atoms with Crippen molar-refractivity contribution in [1.82, 2.24) is 14.4 Å². The van der Waals surface area contributed by atoms with Crippen molar-refractivity contribution < 1.29 is 9.47 Å². The molecule has 6 nitrogen and oxygen atoms in total. The van der Waals surface area contributed by atoms with Gasteiger partial charge in [-0.1, -0.05) is 11.6 Å². The zero-order valence-corrected chi connectivity index (χ0v) is 14.0. The average Bonchev–Trinajstić information content (AvgIpc) is 3.06. The highest BCUT2D eigenvalue weighted by atomic mass is 35.5. The summed E-state index contributed by atoms with van der Waals surface area (Å²) in [5.41, 5.74) is 2.63. The van der Waals surface area contributed by atoms with Crippen molar-refractivity contribution in [2.45, 2.75) is 0 Å². The third kappa shape index (κ3) is 2.57. The molecule has 0 amide bonds. The van der Waals surface area contributed by atoms with Crippen LogP contribution in [0.3, 0.4) is 0 Å². The van der Waals surface area contributed by atoms with Gasteiger partial charge in [-0.3, -0.25) is 4.40 Å². The first kappa shape index (κ1) is 15.2. The Morgan fingerprint density at radius 3 is 2.83 bits per heavy atom. The Kier molecular flexibility index (Phi) is 4.00. The number of benzene rings is 1. The molecule has 1 aromatic carbocycles. The average molecular weight is 345 g/mol. The maximum Gasteiger partial charge on any atom is 0.180 e. The number of methoxy groups -OCH3 is 1. The third-order valence-corrected chi connectivity index (χ3v) is 4.39. The number of hydrogen-bond acceptors (Lipinski definition) is 5. The number of imidazole rings is 1. The largest absolute Gasteiger partial charge is 0.496 e. The van der Waals surface area contributed by atoms with E-state index in [9.17, 15) is 0 Å². The van der Waals surface area contributed by atoms with Gasteiger partial charge < -0.3 is 14.4 Å². The lowest BCUT2D eigenvalue weighted by molar-refractivity contribution is 0.122. The van der Waals surface area contributed by atoms with Gasteiger partial charge in [-0.05, 0) is 18.2 Å². The molecule has 7 heteroatoms. The molecule has 24 heavy (non-hydrogen) atoms. The highest BCUT2D eigenvalue weighted by Gasteiger charge is 2.19. The SMILES string of the molecule is COc1ccc(Cl)cc1-c1cnc2c(N3CCOCC3)nccn12. The summed E-state index contributed by atoms with van der Waals surface area (Å²) in [6.07, 6.45) is 5.52. The molecular formula is C17H17ClN4O2. The van der Waals surface area contributed by atoms with Crippen LogP contribution in [0.1, 0.15) is 0 Å². The fourth-order valence-electron chi connectivity index (χ4n) is 2.98. The summed E-state index contributed by atoms with van der Waals surface area (Å²) in [6.45, 7) is 3.04. The Balaban J connectivity index is 1.85. The molecule has 1 aliphatic rings. The molecule has 0 saturated carbocycles. The smallest absolute Gasteiger partial charge is 0.180 e. The van der Waals surface area contributed by atoms with Gasteiger partial charge in [0.2, 0.25) is 0 Å². The Morgan fingerprint density at radius 1 is 1.21 bits per heavy atom. The Morgan fingerprint density at radius 2 is 2.04 bits per heavy atom. The number of rotatable bonds is 3. The van der Waals surface area contributed by atoms with Crippen LogP contribution >= 0.6 is 11.6 Å². The van der Waals surface area contributed by atoms with Crippen molar-refractivity contribution in [3.05, 3.63) is 41.8 Å². The van der Waals surface area contributed by atoms with Gasteiger partial charge in [0, 0.05) is 36.1 Å². The van der Waals surface area contributed by atoms with E-state index in [2.05, 4.69) is 14.9 Å². The van der Waals surface area contributed by atoms with Crippen LogP contribution in [-0.4, -0.2) is 47.8 Å². The highest BCUT2D eigenvalue weighted by Crippen LogP contribution is 2.34. The number of nitrogens with zero attached hydrogens (tertiary/aromatic N) is 4. The predicted molar refractivity (Wildman–Crippen MR) is 93.0 cm³/mol. The maximum atomic E-state index is 6.18. The van der Waals surface area contributed by atoms with Gasteiger partial charge in [0.25, 0.3) is 0 Å². The standard InChI is InChI=1S/C17H17ClN4O2/c1-23-15-3-2-12(18)10-13(15)14-11-20-17-16(19-4-5-22(14)17)21-6-8-24-9-7-21/h2-5,10-11H,6-9H2,1H3. The summed E-state index contributed by atoms with van der Waals surface area (Å²) in [5.74, 6) is 1.62. The minimum absolute atomic E-state index is 0.656. The van der Waals surface area contributed by atoms with Gasteiger partial charge >= 0.3 is 0 Å². The van der Waals surface area contributed by atoms with Crippen LogP contribution in [0.4, 0.5) is 5.82 Å². The first-order chi connectivity index (χ1) is 11.8. The molecule has 1 fully saturated rings. The Hall–Kier alpha value is -2.31. The number of ether oxygens (including phenoxy) is 2. The molecule has 0 bridgehead atoms. The normalized spacial score (nSPS) is 15.0. The second-order valence-electron chi connectivity index (χ2n) is 5.53. The van der Waals surface area contributed by atoms with E-state index >= 15 is 0 Å². The van der Waals surface area contributed by atoms with Crippen molar-refractivity contribution >= 4 is 23.1 Å². The van der Waals surface area contributed by atoms with E-state index in [4.69, 9.17) is 21.1 Å². The molecule has 0 aliphatic carbocycles. The molecular weight excluding hydrogens is 328 g/mol. The number of morpholine rings is 1. The van der Waals surface area contributed by atoms with Gasteiger partial charge in [0.15, 0.2) is 11.5 Å². The number of anilines is 1. The molecule has 0 spiro atoms. The van der Waals surface area contributed by atoms with Crippen LogP contribution in [-0.2, 0) is 4.74 Å². The molecule has 0 N–H and O–H groups in total. The summed E-state index contributed by atoms with van der Waals surface area (Å²) < 4.78 is 12.9. The maximum absolute atomic E-state index is 6.18. The molecule has 1 saturated heterocycles. The molecule has 124 valence electrons. The molecule has 0 unspecified atom stereocenters. The molecule has 3 heterocycles. The van der Waals surface area contributed by atoms with Gasteiger partial charge in [0.1, 0.15) is 5.75 Å². The lowest BCUT2D eigenvalue weighted by Crippen LogP contribution is -2.37. The summed E-state index contributed by atoms with van der Waals surface area (Å²) in [5, 5.41) is 0.656. The number of hydrogen-bond donors (Lipinski definition) is 0. The van der Waals surface area contributed by atoms with Crippen LogP contribution < -0.4 is 9.64 Å². The number of halogens is 1. The van der Waals surface area contributed by atoms with Crippen molar-refractivity contribution in [1.29, 1.82) is 0 Å². The zero-order valence-electron chi connectivity index (χ0n) is 13.3. The van der Waals surface area contributed by atoms with Crippen molar-refractivity contribution in [2.24, 2.45) is 0 Å². The first-order valence-corrected chi connectivity index (χ1v) is 8.14. The lowest BCUT2D eigenvalue weighted by atomic mass is 10.1. The molecule has 2 aromatic heterocycles. The highest BCUT2D eigenvalue weighted by molar-refractivity contribution is 6.31. The van der Waals surface area contributed by atoms with Crippen molar-refractivity contribution in [3.63, 3.8) is 0 Å². The summed E-state index contributed by atoms with van der Waals surface area (Å²) in [7, 11) is 1.65. The van der Waals surface area contributed by atoms with Crippen LogP contribution in [0.25, 0.3) is 16.9 Å². The third-order valence-electron chi connectivity index (χ3n) is 4.16. The lowest BCUT2D eigenvalue weighted by Gasteiger charge is -2.27. The first-order valence-electron chi connectivity index (χ1n) is 7.76. The van der Waals surface area contributed by atoms with Crippen LogP contribution in [0.2, 0.25) is 5.02 Å². The summed E-state index contributed by atoms with van der Waals surface area (Å²) >= 11 is 6.18. The van der Waals surface area contributed by atoms with Gasteiger partial charge in [-0.15, -0.1) is 0 Å². The fourth-order valence-corrected chi connectivity index (χ4v) is 3.16. The molecule has 0 atom stereocenters. The monoisotopic (exact) mass is 344 g/mol. The van der Waals surface area contributed by atoms with E-state index in [1.54, 1.807) is 13.3 Å². The Labute approximate surface area is 144 Å². The van der Waals surface area contributed by atoms with Crippen LogP contribution in [0, 0.1) is 0 Å². The van der Waals surface area contributed by atoms with Crippen LogP contribution in [0.5, 0.6) is 5.75 Å². The predicted octanol–water partition coefficient (Wildman–Crippen LogP) is 2.89. The second kappa shape index (κ2) is 6.30. The van der Waals surface area contributed by atoms with E-state index in [1.807, 2.05) is 35.0 Å². The van der Waals surface area contributed by atoms with Crippen LogP contribution in [0.15, 0.2) is 36.8 Å². The zero-order chi connectivity index (χ0) is 16.5. The van der Waals surface area contributed by atoms with Gasteiger partial charge in [0.05, 0.1) is 32.2 Å². The minimum atomic E-state index is 0.656. The van der Waals surface area contributed by atoms with E-state index in [1.165, 1.54) is 0 Å². The number of aromatic nitrogens is 3. The fraction of sp³-hybridized carbons (Fsp3) is 0.294. The van der Waals surface area contributed by atoms with E-state index in [0.29, 0.717) is 18.2 Å². The molecule has 1 aliphatic heterocycles. The van der Waals surface area contributed by atoms with Crippen molar-refractivity contribution in [2.75, 3.05) is 38.3 Å². The van der Waals surface area contributed by atoms with E-state index < -0.39 is 0 Å². The quantitative estimate of drug-likeness (QED) is 0.731.